The third-order valence-corrected chi connectivity index (χ3v) is 4.16. The molecule has 0 unspecified atom stereocenters. The number of rotatable bonds is 20. The van der Waals surface area contributed by atoms with Crippen LogP contribution in [0.2, 0.25) is 0 Å². The van der Waals surface area contributed by atoms with Crippen LogP contribution in [-0.4, -0.2) is 113 Å². The maximum Gasteiger partial charge on any atom is 0.460 e. The van der Waals surface area contributed by atoms with E-state index < -0.39 is 61.7 Å². The van der Waals surface area contributed by atoms with Gasteiger partial charge in [0.25, 0.3) is 0 Å². The van der Waals surface area contributed by atoms with E-state index in [1.165, 1.54) is 0 Å². The van der Waals surface area contributed by atoms with Gasteiger partial charge < -0.3 is 28.8 Å². The highest BCUT2D eigenvalue weighted by Gasteiger charge is 2.93. The van der Waals surface area contributed by atoms with Crippen LogP contribution in [0, 0.1) is 0 Å². The molecule has 0 aliphatic carbocycles. The van der Waals surface area contributed by atoms with Gasteiger partial charge in [-0.05, 0) is 0 Å². The van der Waals surface area contributed by atoms with E-state index in [1.807, 2.05) is 0 Å². The molecule has 0 rings (SSSR count). The summed E-state index contributed by atoms with van der Waals surface area (Å²) >= 11 is 0. The second-order valence-corrected chi connectivity index (χ2v) is 6.91. The highest BCUT2D eigenvalue weighted by molar-refractivity contribution is 5.11. The Morgan fingerprint density at radius 3 is 1.00 bits per heavy atom. The average molecular weight is 606 g/mol. The van der Waals surface area contributed by atoms with Crippen molar-refractivity contribution >= 4 is 0 Å². The van der Waals surface area contributed by atoms with E-state index in [9.17, 15) is 65.9 Å². The summed E-state index contributed by atoms with van der Waals surface area (Å²) in [5.74, 6) is -40.6. The van der Waals surface area contributed by atoms with Gasteiger partial charge in [-0.3, -0.25) is 0 Å². The molecule has 230 valence electrons. The molecule has 0 fully saturated rings. The fraction of sp³-hybridized carbons (Fsp3) is 1.00. The standard InChI is InChI=1S/C17H21F15O6/c18-11(19,12(20,21)14(24,25)16(28,29)30)13(22,23)15(26,27)17(31,32)38-10-9-37-8-7-36-6-5-35-4-3-34-2-1-33/h33H,1-10H2. The zero-order valence-corrected chi connectivity index (χ0v) is 18.7. The van der Waals surface area contributed by atoms with Gasteiger partial charge in [-0.1, -0.05) is 0 Å². The van der Waals surface area contributed by atoms with Crippen molar-refractivity contribution in [3.8, 4) is 0 Å². The summed E-state index contributed by atoms with van der Waals surface area (Å²) in [6.07, 6.45) is -14.4. The first-order valence-electron chi connectivity index (χ1n) is 9.95. The van der Waals surface area contributed by atoms with Crippen LogP contribution in [0.25, 0.3) is 0 Å². The maximum atomic E-state index is 13.5. The average Bonchev–Trinajstić information content (AvgIpc) is 2.77. The molecule has 0 bridgehead atoms. The van der Waals surface area contributed by atoms with Gasteiger partial charge >= 0.3 is 41.9 Å². The third-order valence-electron chi connectivity index (χ3n) is 4.16. The third kappa shape index (κ3) is 8.12. The van der Waals surface area contributed by atoms with Gasteiger partial charge in [-0.25, -0.2) is 0 Å². The molecule has 0 saturated carbocycles. The molecule has 21 heteroatoms. The number of hydrogen-bond donors (Lipinski definition) is 1. The summed E-state index contributed by atoms with van der Waals surface area (Å²) in [5.41, 5.74) is 0. The molecular weight excluding hydrogens is 585 g/mol. The summed E-state index contributed by atoms with van der Waals surface area (Å²) in [5, 5.41) is 8.44. The van der Waals surface area contributed by atoms with Crippen LogP contribution in [0.5, 0.6) is 0 Å². The molecule has 0 aliphatic heterocycles. The summed E-state index contributed by atoms with van der Waals surface area (Å²) < 4.78 is 217. The Balaban J connectivity index is 4.84. The molecule has 0 aromatic rings. The molecule has 0 spiro atoms. The Morgan fingerprint density at radius 1 is 0.368 bits per heavy atom. The Labute approximate surface area is 203 Å². The zero-order valence-electron chi connectivity index (χ0n) is 18.7. The fourth-order valence-corrected chi connectivity index (χ4v) is 2.10. The minimum absolute atomic E-state index is 0.0362. The normalized spacial score (nSPS) is 14.8. The molecule has 0 saturated heterocycles. The van der Waals surface area contributed by atoms with Crippen molar-refractivity contribution in [2.24, 2.45) is 0 Å². The van der Waals surface area contributed by atoms with Gasteiger partial charge in [0.05, 0.1) is 66.1 Å². The van der Waals surface area contributed by atoms with E-state index in [2.05, 4.69) is 9.47 Å². The van der Waals surface area contributed by atoms with E-state index in [0.717, 1.165) is 0 Å². The van der Waals surface area contributed by atoms with Crippen LogP contribution in [0.15, 0.2) is 0 Å². The SMILES string of the molecule is OCCOCCOCCOCCOCCOC(F)(F)C(F)(F)C(F)(F)C(F)(F)C(F)(F)C(F)(F)C(F)(F)F. The number of alkyl halides is 15. The van der Waals surface area contributed by atoms with Gasteiger partial charge in [-0.2, -0.15) is 65.9 Å². The van der Waals surface area contributed by atoms with E-state index >= 15 is 0 Å². The molecule has 0 heterocycles. The number of halogens is 15. The lowest BCUT2D eigenvalue weighted by Crippen LogP contribution is -2.72. The van der Waals surface area contributed by atoms with Crippen LogP contribution in [0.4, 0.5) is 65.9 Å². The quantitative estimate of drug-likeness (QED) is 0.164. The van der Waals surface area contributed by atoms with E-state index in [4.69, 9.17) is 19.3 Å². The summed E-state index contributed by atoms with van der Waals surface area (Å²) in [6, 6.07) is 0. The van der Waals surface area contributed by atoms with Crippen LogP contribution >= 0.6 is 0 Å². The smallest absolute Gasteiger partial charge is 0.394 e. The number of ether oxygens (including phenoxy) is 5. The van der Waals surface area contributed by atoms with Crippen LogP contribution < -0.4 is 0 Å². The largest absolute Gasteiger partial charge is 0.460 e. The van der Waals surface area contributed by atoms with Gasteiger partial charge in [0, 0.05) is 0 Å². The van der Waals surface area contributed by atoms with Crippen molar-refractivity contribution in [1.29, 1.82) is 0 Å². The zero-order chi connectivity index (χ0) is 30.1. The fourth-order valence-electron chi connectivity index (χ4n) is 2.10. The Morgan fingerprint density at radius 2 is 0.658 bits per heavy atom. The molecule has 0 aromatic carbocycles. The Hall–Kier alpha value is -1.29. The lowest BCUT2D eigenvalue weighted by atomic mass is 9.93. The molecule has 1 N–H and O–H groups in total. The maximum absolute atomic E-state index is 13.5. The van der Waals surface area contributed by atoms with Gasteiger partial charge in [0.2, 0.25) is 0 Å². The second-order valence-electron chi connectivity index (χ2n) is 6.91. The topological polar surface area (TPSA) is 66.4 Å². The van der Waals surface area contributed by atoms with E-state index in [0.29, 0.717) is 0 Å². The monoisotopic (exact) mass is 606 g/mol. The van der Waals surface area contributed by atoms with Crippen molar-refractivity contribution in [1.82, 2.24) is 0 Å². The van der Waals surface area contributed by atoms with Gasteiger partial charge in [-0.15, -0.1) is 0 Å². The lowest BCUT2D eigenvalue weighted by Gasteiger charge is -2.41. The number of aliphatic hydroxyl groups excluding tert-OH is 1. The van der Waals surface area contributed by atoms with Crippen molar-refractivity contribution in [2.75, 3.05) is 66.1 Å². The second kappa shape index (κ2) is 13.9. The first-order chi connectivity index (χ1) is 17.1. The summed E-state index contributed by atoms with van der Waals surface area (Å²) in [4.78, 5) is 0. The Bertz CT molecular complexity index is 687. The van der Waals surface area contributed by atoms with E-state index in [-0.39, 0.29) is 46.2 Å². The Kier molecular flexibility index (Phi) is 13.4. The van der Waals surface area contributed by atoms with E-state index in [1.54, 1.807) is 0 Å². The highest BCUT2D eigenvalue weighted by atomic mass is 19.4. The highest BCUT2D eigenvalue weighted by Crippen LogP contribution is 2.62. The molecule has 0 radical (unpaired) electrons. The molecule has 0 aromatic heterocycles. The lowest BCUT2D eigenvalue weighted by molar-refractivity contribution is -0.472. The first kappa shape index (κ1) is 36.7. The van der Waals surface area contributed by atoms with Crippen molar-refractivity contribution < 1.29 is 94.6 Å². The number of aliphatic hydroxyl groups is 1. The summed E-state index contributed by atoms with van der Waals surface area (Å²) in [6.45, 7) is -3.43. The van der Waals surface area contributed by atoms with Crippen LogP contribution in [0.1, 0.15) is 0 Å². The molecular formula is C17H21F15O6. The first-order valence-corrected chi connectivity index (χ1v) is 9.95. The van der Waals surface area contributed by atoms with Gasteiger partial charge in [0.15, 0.2) is 0 Å². The summed E-state index contributed by atoms with van der Waals surface area (Å²) in [7, 11) is 0. The van der Waals surface area contributed by atoms with Crippen molar-refractivity contribution in [2.45, 2.75) is 41.9 Å². The minimum atomic E-state index is -8.36. The van der Waals surface area contributed by atoms with Crippen LogP contribution in [0.3, 0.4) is 0 Å². The van der Waals surface area contributed by atoms with Crippen LogP contribution in [-0.2, 0) is 23.7 Å². The van der Waals surface area contributed by atoms with Crippen molar-refractivity contribution in [3.05, 3.63) is 0 Å². The molecule has 0 amide bonds. The predicted octanol–water partition coefficient (Wildman–Crippen LogP) is 4.39. The molecule has 0 atom stereocenters. The minimum Gasteiger partial charge on any atom is -0.394 e. The molecule has 0 aliphatic rings. The molecule has 6 nitrogen and oxygen atoms in total. The van der Waals surface area contributed by atoms with Gasteiger partial charge in [0.1, 0.15) is 0 Å². The number of hydrogen-bond acceptors (Lipinski definition) is 6. The van der Waals surface area contributed by atoms with Crippen molar-refractivity contribution in [3.63, 3.8) is 0 Å². The molecule has 38 heavy (non-hydrogen) atoms. The predicted molar refractivity (Wildman–Crippen MR) is 92.1 cm³/mol.